The van der Waals surface area contributed by atoms with Crippen LogP contribution in [-0.2, 0) is 19.1 Å². The van der Waals surface area contributed by atoms with Crippen LogP contribution in [0.25, 0.3) is 0 Å². The SMILES string of the molecule is CC1(C)OCC(C)(C)C(C(=O)NCCC(=O)Nc2ccccc2O)O1. The van der Waals surface area contributed by atoms with E-state index in [9.17, 15) is 14.7 Å². The fraction of sp³-hybridized carbons (Fsp3) is 0.556. The number of amides is 2. The lowest BCUT2D eigenvalue weighted by atomic mass is 9.85. The summed E-state index contributed by atoms with van der Waals surface area (Å²) in [6, 6.07) is 6.47. The molecule has 0 bridgehead atoms. The Morgan fingerprint density at radius 2 is 1.92 bits per heavy atom. The van der Waals surface area contributed by atoms with E-state index in [-0.39, 0.29) is 30.5 Å². The maximum atomic E-state index is 12.4. The van der Waals surface area contributed by atoms with E-state index in [2.05, 4.69) is 10.6 Å². The van der Waals surface area contributed by atoms with E-state index in [1.807, 2.05) is 13.8 Å². The molecule has 0 aromatic heterocycles. The number of hydrogen-bond donors (Lipinski definition) is 3. The minimum Gasteiger partial charge on any atom is -0.506 e. The summed E-state index contributed by atoms with van der Waals surface area (Å²) in [4.78, 5) is 24.4. The number of phenols is 1. The summed E-state index contributed by atoms with van der Waals surface area (Å²) >= 11 is 0. The molecule has 1 atom stereocenters. The van der Waals surface area contributed by atoms with Crippen LogP contribution in [0.1, 0.15) is 34.1 Å². The van der Waals surface area contributed by atoms with Crippen molar-refractivity contribution in [2.75, 3.05) is 18.5 Å². The van der Waals surface area contributed by atoms with Gasteiger partial charge in [-0.25, -0.2) is 0 Å². The van der Waals surface area contributed by atoms with Gasteiger partial charge in [-0.15, -0.1) is 0 Å². The Kier molecular flexibility index (Phi) is 5.69. The molecule has 0 saturated carbocycles. The maximum Gasteiger partial charge on any atom is 0.249 e. The van der Waals surface area contributed by atoms with Crippen LogP contribution in [0.4, 0.5) is 5.69 Å². The molecule has 1 aromatic rings. The van der Waals surface area contributed by atoms with Crippen molar-refractivity contribution in [3.63, 3.8) is 0 Å². The van der Waals surface area contributed by atoms with Crippen molar-refractivity contribution in [2.45, 2.75) is 46.0 Å². The number of benzene rings is 1. The van der Waals surface area contributed by atoms with Gasteiger partial charge in [-0.3, -0.25) is 9.59 Å². The summed E-state index contributed by atoms with van der Waals surface area (Å²) in [6.07, 6.45) is -0.565. The molecule has 1 unspecified atom stereocenters. The van der Waals surface area contributed by atoms with E-state index >= 15 is 0 Å². The zero-order valence-corrected chi connectivity index (χ0v) is 15.1. The van der Waals surface area contributed by atoms with Gasteiger partial charge in [0.05, 0.1) is 12.3 Å². The molecule has 7 heteroatoms. The first-order valence-electron chi connectivity index (χ1n) is 8.28. The van der Waals surface area contributed by atoms with E-state index in [0.717, 1.165) is 0 Å². The predicted molar refractivity (Wildman–Crippen MR) is 93.0 cm³/mol. The second kappa shape index (κ2) is 7.41. The lowest BCUT2D eigenvalue weighted by Crippen LogP contribution is -2.56. The first kappa shape index (κ1) is 19.2. The van der Waals surface area contributed by atoms with E-state index in [1.54, 1.807) is 32.0 Å². The van der Waals surface area contributed by atoms with Gasteiger partial charge in [0, 0.05) is 18.4 Å². The zero-order chi connectivity index (χ0) is 18.7. The number of carbonyl (C=O) groups is 2. The van der Waals surface area contributed by atoms with Gasteiger partial charge in [0.2, 0.25) is 11.8 Å². The van der Waals surface area contributed by atoms with Crippen LogP contribution < -0.4 is 10.6 Å². The normalized spacial score (nSPS) is 21.4. The third-order valence-corrected chi connectivity index (χ3v) is 3.97. The number of nitrogens with one attached hydrogen (secondary N) is 2. The predicted octanol–water partition coefficient (Wildman–Crippen LogP) is 2.01. The Hall–Kier alpha value is -2.12. The van der Waals surface area contributed by atoms with Crippen molar-refractivity contribution in [1.29, 1.82) is 0 Å². The molecule has 3 N–H and O–H groups in total. The van der Waals surface area contributed by atoms with Crippen LogP contribution in [0.2, 0.25) is 0 Å². The molecule has 1 aromatic carbocycles. The average molecular weight is 350 g/mol. The summed E-state index contributed by atoms with van der Waals surface area (Å²) in [5.41, 5.74) is -0.119. The Morgan fingerprint density at radius 1 is 1.24 bits per heavy atom. The smallest absolute Gasteiger partial charge is 0.249 e. The van der Waals surface area contributed by atoms with Gasteiger partial charge in [-0.05, 0) is 26.0 Å². The van der Waals surface area contributed by atoms with Gasteiger partial charge in [0.15, 0.2) is 5.79 Å². The van der Waals surface area contributed by atoms with Crippen molar-refractivity contribution >= 4 is 17.5 Å². The molecule has 138 valence electrons. The van der Waals surface area contributed by atoms with Gasteiger partial charge in [-0.1, -0.05) is 26.0 Å². The highest BCUT2D eigenvalue weighted by Crippen LogP contribution is 2.34. The second-order valence-corrected chi connectivity index (χ2v) is 7.28. The lowest BCUT2D eigenvalue weighted by Gasteiger charge is -2.44. The van der Waals surface area contributed by atoms with Crippen molar-refractivity contribution in [3.05, 3.63) is 24.3 Å². The first-order valence-corrected chi connectivity index (χ1v) is 8.28. The first-order chi connectivity index (χ1) is 11.6. The largest absolute Gasteiger partial charge is 0.506 e. The Labute approximate surface area is 147 Å². The molecule has 1 heterocycles. The fourth-order valence-electron chi connectivity index (χ4n) is 2.51. The molecular formula is C18H26N2O5. The van der Waals surface area contributed by atoms with Crippen LogP contribution >= 0.6 is 0 Å². The summed E-state index contributed by atoms with van der Waals surface area (Å²) < 4.78 is 11.3. The quantitative estimate of drug-likeness (QED) is 0.706. The number of para-hydroxylation sites is 2. The van der Waals surface area contributed by atoms with Crippen molar-refractivity contribution < 1.29 is 24.2 Å². The van der Waals surface area contributed by atoms with Crippen LogP contribution in [0.5, 0.6) is 5.75 Å². The number of anilines is 1. The van der Waals surface area contributed by atoms with E-state index < -0.39 is 17.3 Å². The monoisotopic (exact) mass is 350 g/mol. The average Bonchev–Trinajstić information content (AvgIpc) is 2.52. The number of carbonyl (C=O) groups excluding carboxylic acids is 2. The molecular weight excluding hydrogens is 324 g/mol. The minimum absolute atomic E-state index is 0.000489. The number of rotatable bonds is 5. The van der Waals surface area contributed by atoms with Crippen molar-refractivity contribution in [3.8, 4) is 5.75 Å². The van der Waals surface area contributed by atoms with Crippen LogP contribution in [0, 0.1) is 5.41 Å². The van der Waals surface area contributed by atoms with E-state index in [4.69, 9.17) is 9.47 Å². The topological polar surface area (TPSA) is 96.9 Å². The maximum absolute atomic E-state index is 12.4. The van der Waals surface area contributed by atoms with Gasteiger partial charge < -0.3 is 25.2 Å². The summed E-state index contributed by atoms with van der Waals surface area (Å²) in [5.74, 6) is -1.38. The molecule has 7 nitrogen and oxygen atoms in total. The summed E-state index contributed by atoms with van der Waals surface area (Å²) in [5, 5.41) is 15.0. The molecule has 2 amide bonds. The number of hydrogen-bond acceptors (Lipinski definition) is 5. The standard InChI is InChI=1S/C18H26N2O5/c1-17(2)11-24-18(3,4)25-15(17)16(23)19-10-9-14(22)20-12-7-5-6-8-13(12)21/h5-8,15,21H,9-11H2,1-4H3,(H,19,23)(H,20,22). The number of aromatic hydroxyl groups is 1. The van der Waals surface area contributed by atoms with Gasteiger partial charge >= 0.3 is 0 Å². The van der Waals surface area contributed by atoms with Gasteiger partial charge in [0.25, 0.3) is 0 Å². The third kappa shape index (κ3) is 5.17. The molecule has 1 aliphatic heterocycles. The van der Waals surface area contributed by atoms with Crippen molar-refractivity contribution in [1.82, 2.24) is 5.32 Å². The molecule has 25 heavy (non-hydrogen) atoms. The van der Waals surface area contributed by atoms with E-state index in [0.29, 0.717) is 12.3 Å². The minimum atomic E-state index is -0.820. The van der Waals surface area contributed by atoms with Gasteiger partial charge in [0.1, 0.15) is 11.9 Å². The van der Waals surface area contributed by atoms with Crippen molar-refractivity contribution in [2.24, 2.45) is 5.41 Å². The van der Waals surface area contributed by atoms with Crippen LogP contribution in [0.15, 0.2) is 24.3 Å². The summed E-state index contributed by atoms with van der Waals surface area (Å²) in [6.45, 7) is 7.92. The molecule has 1 fully saturated rings. The van der Waals surface area contributed by atoms with Crippen LogP contribution in [0.3, 0.4) is 0 Å². The van der Waals surface area contributed by atoms with E-state index in [1.165, 1.54) is 6.07 Å². The zero-order valence-electron chi connectivity index (χ0n) is 15.1. The molecule has 1 saturated heterocycles. The highest BCUT2D eigenvalue weighted by Gasteiger charge is 2.45. The molecule has 0 spiro atoms. The number of ether oxygens (including phenoxy) is 2. The molecule has 2 rings (SSSR count). The highest BCUT2D eigenvalue weighted by atomic mass is 16.7. The Morgan fingerprint density at radius 3 is 2.60 bits per heavy atom. The third-order valence-electron chi connectivity index (χ3n) is 3.97. The highest BCUT2D eigenvalue weighted by molar-refractivity contribution is 5.92. The lowest BCUT2D eigenvalue weighted by molar-refractivity contribution is -0.304. The second-order valence-electron chi connectivity index (χ2n) is 7.28. The molecule has 0 aliphatic carbocycles. The number of phenolic OH excluding ortho intramolecular Hbond substituents is 1. The fourth-order valence-corrected chi connectivity index (χ4v) is 2.51. The Balaban J connectivity index is 1.83. The van der Waals surface area contributed by atoms with Crippen LogP contribution in [-0.4, -0.2) is 42.0 Å². The summed E-state index contributed by atoms with van der Waals surface area (Å²) in [7, 11) is 0. The Bertz CT molecular complexity index is 642. The van der Waals surface area contributed by atoms with Gasteiger partial charge in [-0.2, -0.15) is 0 Å². The molecule has 0 radical (unpaired) electrons. The molecule has 1 aliphatic rings.